The summed E-state index contributed by atoms with van der Waals surface area (Å²) in [7, 11) is 0. The lowest BCUT2D eigenvalue weighted by molar-refractivity contribution is -0.0565. The summed E-state index contributed by atoms with van der Waals surface area (Å²) in [6.45, 7) is 17.2. The number of aliphatic hydroxyl groups is 1. The fourth-order valence-electron chi connectivity index (χ4n) is 9.24. The molecule has 3 fully saturated rings. The SMILES string of the molecule is CC(C)C(=CCC(C)C1CCC2C3CC=C4CC(O)CCC4(C)C3CCC12C)C(C)C. The van der Waals surface area contributed by atoms with Crippen LogP contribution in [0.3, 0.4) is 0 Å². The van der Waals surface area contributed by atoms with Crippen molar-refractivity contribution in [1.29, 1.82) is 0 Å². The van der Waals surface area contributed by atoms with E-state index in [1.807, 2.05) is 0 Å². The Kier molecular flexibility index (Phi) is 6.59. The smallest absolute Gasteiger partial charge is 0.0577 e. The van der Waals surface area contributed by atoms with Crippen molar-refractivity contribution in [3.8, 4) is 0 Å². The highest BCUT2D eigenvalue weighted by molar-refractivity contribution is 5.25. The second-order valence-electron chi connectivity index (χ2n) is 13.1. The lowest BCUT2D eigenvalue weighted by Gasteiger charge is -2.58. The monoisotopic (exact) mass is 426 g/mol. The number of rotatable bonds is 5. The third-order valence-corrected chi connectivity index (χ3v) is 10.9. The van der Waals surface area contributed by atoms with E-state index in [0.29, 0.717) is 22.7 Å². The van der Waals surface area contributed by atoms with Gasteiger partial charge in [0.05, 0.1) is 6.10 Å². The zero-order valence-corrected chi connectivity index (χ0v) is 21.6. The first-order valence-electron chi connectivity index (χ1n) is 13.7. The molecule has 1 nitrogen and oxygen atoms in total. The van der Waals surface area contributed by atoms with E-state index in [2.05, 4.69) is 60.6 Å². The molecule has 31 heavy (non-hydrogen) atoms. The molecule has 0 heterocycles. The fourth-order valence-corrected chi connectivity index (χ4v) is 9.24. The van der Waals surface area contributed by atoms with Crippen molar-refractivity contribution in [3.63, 3.8) is 0 Å². The maximum Gasteiger partial charge on any atom is 0.0577 e. The molecule has 1 N–H and O–H groups in total. The highest BCUT2D eigenvalue weighted by Gasteiger charge is 2.59. The van der Waals surface area contributed by atoms with Crippen LogP contribution in [0.25, 0.3) is 0 Å². The van der Waals surface area contributed by atoms with Crippen molar-refractivity contribution in [1.82, 2.24) is 0 Å². The molecule has 0 aromatic rings. The maximum atomic E-state index is 10.3. The van der Waals surface area contributed by atoms with E-state index in [9.17, 15) is 5.11 Å². The quantitative estimate of drug-likeness (QED) is 0.439. The summed E-state index contributed by atoms with van der Waals surface area (Å²) in [6.07, 6.45) is 16.6. The number of allylic oxidation sites excluding steroid dienone is 3. The molecule has 0 aliphatic heterocycles. The number of hydrogen-bond donors (Lipinski definition) is 1. The molecule has 176 valence electrons. The summed E-state index contributed by atoms with van der Waals surface area (Å²) in [5.41, 5.74) is 4.19. The Morgan fingerprint density at radius 2 is 1.71 bits per heavy atom. The van der Waals surface area contributed by atoms with Crippen molar-refractivity contribution in [3.05, 3.63) is 23.3 Å². The van der Waals surface area contributed by atoms with Crippen LogP contribution in [0.4, 0.5) is 0 Å². The molecule has 0 spiro atoms. The number of aliphatic hydroxyl groups excluding tert-OH is 1. The topological polar surface area (TPSA) is 20.2 Å². The molecule has 4 rings (SSSR count). The van der Waals surface area contributed by atoms with Crippen LogP contribution >= 0.6 is 0 Å². The summed E-state index contributed by atoms with van der Waals surface area (Å²) < 4.78 is 0. The van der Waals surface area contributed by atoms with E-state index >= 15 is 0 Å². The third kappa shape index (κ3) is 4.00. The van der Waals surface area contributed by atoms with Crippen LogP contribution in [0.15, 0.2) is 23.3 Å². The van der Waals surface area contributed by atoms with Crippen LogP contribution in [0, 0.1) is 52.3 Å². The third-order valence-electron chi connectivity index (χ3n) is 10.9. The molecule has 1 heteroatoms. The van der Waals surface area contributed by atoms with Gasteiger partial charge in [0.2, 0.25) is 0 Å². The Hall–Kier alpha value is -0.560. The van der Waals surface area contributed by atoms with Gasteiger partial charge in [-0.15, -0.1) is 0 Å². The van der Waals surface area contributed by atoms with E-state index in [1.165, 1.54) is 44.9 Å². The van der Waals surface area contributed by atoms with Gasteiger partial charge in [-0.25, -0.2) is 0 Å². The molecule has 0 saturated heterocycles. The minimum Gasteiger partial charge on any atom is -0.393 e. The molecular formula is C30H50O. The molecule has 0 amide bonds. The molecule has 0 aromatic heterocycles. The van der Waals surface area contributed by atoms with E-state index in [0.717, 1.165) is 42.4 Å². The minimum absolute atomic E-state index is 0.0870. The molecular weight excluding hydrogens is 376 g/mol. The highest BCUT2D eigenvalue weighted by Crippen LogP contribution is 2.67. The van der Waals surface area contributed by atoms with Crippen LogP contribution in [-0.4, -0.2) is 11.2 Å². The van der Waals surface area contributed by atoms with Gasteiger partial charge in [0.1, 0.15) is 0 Å². The van der Waals surface area contributed by atoms with Crippen LogP contribution in [0.2, 0.25) is 0 Å². The largest absolute Gasteiger partial charge is 0.393 e. The second-order valence-corrected chi connectivity index (χ2v) is 13.1. The van der Waals surface area contributed by atoms with Crippen LogP contribution in [0.1, 0.15) is 106 Å². The van der Waals surface area contributed by atoms with E-state index in [-0.39, 0.29) is 6.10 Å². The summed E-state index contributed by atoms with van der Waals surface area (Å²) in [5, 5.41) is 10.3. The van der Waals surface area contributed by atoms with Gasteiger partial charge >= 0.3 is 0 Å². The summed E-state index contributed by atoms with van der Waals surface area (Å²) in [5.74, 6) is 5.70. The first-order chi connectivity index (χ1) is 14.6. The summed E-state index contributed by atoms with van der Waals surface area (Å²) in [6, 6.07) is 0. The first-order valence-corrected chi connectivity index (χ1v) is 13.7. The van der Waals surface area contributed by atoms with E-state index in [1.54, 1.807) is 11.1 Å². The minimum atomic E-state index is -0.0870. The molecule has 0 aromatic carbocycles. The Morgan fingerprint density at radius 3 is 2.39 bits per heavy atom. The van der Waals surface area contributed by atoms with Crippen molar-refractivity contribution < 1.29 is 5.11 Å². The second kappa shape index (κ2) is 8.66. The molecule has 8 unspecified atom stereocenters. The Morgan fingerprint density at radius 1 is 1.00 bits per heavy atom. The Bertz CT molecular complexity index is 704. The molecule has 4 aliphatic rings. The van der Waals surface area contributed by atoms with Crippen LogP contribution < -0.4 is 0 Å². The predicted octanol–water partition coefficient (Wildman–Crippen LogP) is 8.19. The molecule has 3 saturated carbocycles. The summed E-state index contributed by atoms with van der Waals surface area (Å²) in [4.78, 5) is 0. The Balaban J connectivity index is 1.51. The average molecular weight is 427 g/mol. The number of hydrogen-bond acceptors (Lipinski definition) is 1. The van der Waals surface area contributed by atoms with Gasteiger partial charge in [0.15, 0.2) is 0 Å². The van der Waals surface area contributed by atoms with Gasteiger partial charge in [0, 0.05) is 0 Å². The molecule has 4 aliphatic carbocycles. The van der Waals surface area contributed by atoms with Crippen LogP contribution in [-0.2, 0) is 0 Å². The highest BCUT2D eigenvalue weighted by atomic mass is 16.3. The lowest BCUT2D eigenvalue weighted by atomic mass is 9.47. The van der Waals surface area contributed by atoms with Gasteiger partial charge in [-0.2, -0.15) is 0 Å². The maximum absolute atomic E-state index is 10.3. The normalized spacial score (nSPS) is 43.2. The van der Waals surface area contributed by atoms with Crippen molar-refractivity contribution in [2.45, 2.75) is 112 Å². The zero-order chi connectivity index (χ0) is 22.6. The zero-order valence-electron chi connectivity index (χ0n) is 21.6. The van der Waals surface area contributed by atoms with Gasteiger partial charge in [-0.3, -0.25) is 0 Å². The molecule has 8 atom stereocenters. The predicted molar refractivity (Wildman–Crippen MR) is 133 cm³/mol. The van der Waals surface area contributed by atoms with Crippen LogP contribution in [0.5, 0.6) is 0 Å². The van der Waals surface area contributed by atoms with Crippen molar-refractivity contribution >= 4 is 0 Å². The number of fused-ring (bicyclic) bond motifs is 5. The first kappa shape index (κ1) is 23.6. The van der Waals surface area contributed by atoms with Crippen molar-refractivity contribution in [2.24, 2.45) is 52.3 Å². The standard InChI is InChI=1S/C30H50O/c1-19(2)24(20(3)4)10-8-21(5)26-12-13-27-25-11-9-22-18-23(31)14-16-29(22,6)28(25)15-17-30(26,27)7/h9-10,19-21,23,25-28,31H,8,11-18H2,1-7H3. The lowest BCUT2D eigenvalue weighted by Crippen LogP contribution is -2.50. The van der Waals surface area contributed by atoms with Gasteiger partial charge in [-0.1, -0.05) is 71.8 Å². The van der Waals surface area contributed by atoms with Gasteiger partial charge < -0.3 is 5.11 Å². The van der Waals surface area contributed by atoms with E-state index in [4.69, 9.17) is 0 Å². The van der Waals surface area contributed by atoms with E-state index < -0.39 is 0 Å². The average Bonchev–Trinajstić information content (AvgIpc) is 3.05. The summed E-state index contributed by atoms with van der Waals surface area (Å²) >= 11 is 0. The Labute approximate surface area is 193 Å². The van der Waals surface area contributed by atoms with Crippen molar-refractivity contribution in [2.75, 3.05) is 0 Å². The van der Waals surface area contributed by atoms with Gasteiger partial charge in [-0.05, 0) is 110 Å². The fraction of sp³-hybridized carbons (Fsp3) is 0.867. The molecule has 0 radical (unpaired) electrons. The van der Waals surface area contributed by atoms with Gasteiger partial charge in [0.25, 0.3) is 0 Å². The molecule has 0 bridgehead atoms.